The first-order valence-electron chi connectivity index (χ1n) is 5.55. The summed E-state index contributed by atoms with van der Waals surface area (Å²) in [4.78, 5) is 24.0. The van der Waals surface area contributed by atoms with E-state index < -0.39 is 5.97 Å². The maximum absolute atomic E-state index is 12.1. The number of rotatable bonds is 5. The molecule has 94 valence electrons. The van der Waals surface area contributed by atoms with E-state index >= 15 is 0 Å². The quantitative estimate of drug-likeness (QED) is 0.823. The number of likely N-dealkylation sites (N-methyl/N-ethyl adjacent to an activating group) is 1. The average Bonchev–Trinajstić information content (AvgIpc) is 2.66. The van der Waals surface area contributed by atoms with E-state index in [-0.39, 0.29) is 12.5 Å². The van der Waals surface area contributed by atoms with Crippen LogP contribution in [0.25, 0.3) is 0 Å². The second kappa shape index (κ2) is 5.47. The number of hydrogen-bond donors (Lipinski definition) is 1. The molecular formula is C11H17N3O3. The normalized spacial score (nSPS) is 10.3. The third-order valence-corrected chi connectivity index (χ3v) is 2.42. The van der Waals surface area contributed by atoms with E-state index in [4.69, 9.17) is 5.11 Å². The van der Waals surface area contributed by atoms with Crippen LogP contribution in [-0.2, 0) is 11.3 Å². The van der Waals surface area contributed by atoms with Crippen molar-refractivity contribution in [2.75, 3.05) is 13.1 Å². The van der Waals surface area contributed by atoms with Crippen molar-refractivity contribution in [3.05, 3.63) is 17.5 Å². The van der Waals surface area contributed by atoms with Gasteiger partial charge in [-0.1, -0.05) is 0 Å². The molecule has 0 bridgehead atoms. The van der Waals surface area contributed by atoms with Gasteiger partial charge in [0, 0.05) is 13.1 Å². The molecule has 0 aliphatic heterocycles. The molecule has 0 radical (unpaired) electrons. The lowest BCUT2D eigenvalue weighted by Crippen LogP contribution is -2.36. The number of carboxylic acid groups (broad SMARTS) is 1. The summed E-state index contributed by atoms with van der Waals surface area (Å²) in [5.74, 6) is -1.31. The minimum absolute atomic E-state index is 0.288. The molecule has 0 aliphatic rings. The van der Waals surface area contributed by atoms with Crippen LogP contribution in [0.2, 0.25) is 0 Å². The van der Waals surface area contributed by atoms with E-state index in [1.807, 2.05) is 6.92 Å². The van der Waals surface area contributed by atoms with Crippen LogP contribution in [0.1, 0.15) is 30.0 Å². The predicted octanol–water partition coefficient (Wildman–Crippen LogP) is 0.758. The van der Waals surface area contributed by atoms with Crippen LogP contribution in [0, 0.1) is 6.92 Å². The molecule has 6 heteroatoms. The number of amides is 1. The Labute approximate surface area is 99.8 Å². The Bertz CT molecular complexity index is 426. The molecule has 6 nitrogen and oxygen atoms in total. The van der Waals surface area contributed by atoms with Crippen molar-refractivity contribution in [1.29, 1.82) is 0 Å². The van der Waals surface area contributed by atoms with Gasteiger partial charge in [-0.15, -0.1) is 0 Å². The van der Waals surface area contributed by atoms with E-state index in [0.29, 0.717) is 18.8 Å². The molecule has 1 N–H and O–H groups in total. The van der Waals surface area contributed by atoms with Crippen molar-refractivity contribution in [2.45, 2.75) is 27.3 Å². The smallest absolute Gasteiger partial charge is 0.323 e. The fourth-order valence-electron chi connectivity index (χ4n) is 1.61. The number of hydrogen-bond acceptors (Lipinski definition) is 3. The highest BCUT2D eigenvalue weighted by Gasteiger charge is 2.20. The largest absolute Gasteiger partial charge is 0.480 e. The third-order valence-electron chi connectivity index (χ3n) is 2.42. The maximum Gasteiger partial charge on any atom is 0.323 e. The number of carbonyl (C=O) groups excluding carboxylic acids is 1. The molecule has 0 unspecified atom stereocenters. The zero-order chi connectivity index (χ0) is 13.0. The minimum Gasteiger partial charge on any atom is -0.480 e. The first-order chi connectivity index (χ1) is 7.99. The molecule has 1 heterocycles. The molecule has 17 heavy (non-hydrogen) atoms. The van der Waals surface area contributed by atoms with Crippen LogP contribution in [0.3, 0.4) is 0 Å². The third kappa shape index (κ3) is 3.05. The Hall–Kier alpha value is -1.85. The topological polar surface area (TPSA) is 75.4 Å². The summed E-state index contributed by atoms with van der Waals surface area (Å²) in [5.41, 5.74) is 1.19. The molecule has 1 aromatic heterocycles. The molecule has 0 aliphatic carbocycles. The Morgan fingerprint density at radius 2 is 2.12 bits per heavy atom. The van der Waals surface area contributed by atoms with Gasteiger partial charge >= 0.3 is 5.97 Å². The van der Waals surface area contributed by atoms with Crippen molar-refractivity contribution in [3.8, 4) is 0 Å². The summed E-state index contributed by atoms with van der Waals surface area (Å²) in [6.07, 6.45) is 0. The highest BCUT2D eigenvalue weighted by molar-refractivity contribution is 5.94. The van der Waals surface area contributed by atoms with Gasteiger partial charge < -0.3 is 10.0 Å². The van der Waals surface area contributed by atoms with Gasteiger partial charge in [0.2, 0.25) is 0 Å². The molecule has 1 amide bonds. The molecule has 0 spiro atoms. The summed E-state index contributed by atoms with van der Waals surface area (Å²) in [5, 5.41) is 12.9. The van der Waals surface area contributed by atoms with Crippen LogP contribution in [0.4, 0.5) is 0 Å². The number of carbonyl (C=O) groups is 2. The lowest BCUT2D eigenvalue weighted by atomic mass is 10.3. The van der Waals surface area contributed by atoms with Gasteiger partial charge in [-0.25, -0.2) is 0 Å². The van der Waals surface area contributed by atoms with Crippen molar-refractivity contribution in [3.63, 3.8) is 0 Å². The average molecular weight is 239 g/mol. The Balaban J connectivity index is 2.96. The molecule has 1 aromatic rings. The highest BCUT2D eigenvalue weighted by atomic mass is 16.4. The van der Waals surface area contributed by atoms with Crippen molar-refractivity contribution in [1.82, 2.24) is 14.7 Å². The first-order valence-corrected chi connectivity index (χ1v) is 5.55. The van der Waals surface area contributed by atoms with Crippen LogP contribution in [0.5, 0.6) is 0 Å². The van der Waals surface area contributed by atoms with Gasteiger partial charge in [-0.3, -0.25) is 14.3 Å². The van der Waals surface area contributed by atoms with Gasteiger partial charge in [0.05, 0.1) is 5.69 Å². The molecule has 0 saturated carbocycles. The van der Waals surface area contributed by atoms with Crippen molar-refractivity contribution in [2.24, 2.45) is 0 Å². The molecule has 1 rings (SSSR count). The summed E-state index contributed by atoms with van der Waals surface area (Å²) < 4.78 is 1.59. The molecule has 0 atom stereocenters. The molecule has 0 saturated heterocycles. The van der Waals surface area contributed by atoms with Crippen LogP contribution >= 0.6 is 0 Å². The first kappa shape index (κ1) is 13.2. The highest BCUT2D eigenvalue weighted by Crippen LogP contribution is 2.07. The van der Waals surface area contributed by atoms with E-state index in [1.54, 1.807) is 24.6 Å². The summed E-state index contributed by atoms with van der Waals surface area (Å²) in [6.45, 7) is 6.09. The zero-order valence-electron chi connectivity index (χ0n) is 10.3. The summed E-state index contributed by atoms with van der Waals surface area (Å²) >= 11 is 0. The lowest BCUT2D eigenvalue weighted by Gasteiger charge is -2.18. The number of carboxylic acids is 1. The second-order valence-electron chi connectivity index (χ2n) is 3.70. The number of nitrogens with zero attached hydrogens (tertiary/aromatic N) is 3. The Morgan fingerprint density at radius 3 is 2.59 bits per heavy atom. The SMILES string of the molecule is CCN(CC(=O)O)C(=O)c1cc(C)nn1CC. The molecular weight excluding hydrogens is 222 g/mol. The van der Waals surface area contributed by atoms with Crippen LogP contribution in [-0.4, -0.2) is 44.8 Å². The molecule has 0 fully saturated rings. The zero-order valence-corrected chi connectivity index (χ0v) is 10.3. The van der Waals surface area contributed by atoms with Crippen molar-refractivity contribution < 1.29 is 14.7 Å². The van der Waals surface area contributed by atoms with Gasteiger partial charge in [-0.2, -0.15) is 5.10 Å². The van der Waals surface area contributed by atoms with Gasteiger partial charge in [-0.05, 0) is 26.8 Å². The Kier molecular flexibility index (Phi) is 4.25. The van der Waals surface area contributed by atoms with E-state index in [1.165, 1.54) is 4.90 Å². The fraction of sp³-hybridized carbons (Fsp3) is 0.545. The van der Waals surface area contributed by atoms with Crippen LogP contribution < -0.4 is 0 Å². The van der Waals surface area contributed by atoms with E-state index in [2.05, 4.69) is 5.10 Å². The van der Waals surface area contributed by atoms with E-state index in [0.717, 1.165) is 5.69 Å². The van der Waals surface area contributed by atoms with Gasteiger partial charge in [0.25, 0.3) is 5.91 Å². The Morgan fingerprint density at radius 1 is 1.47 bits per heavy atom. The summed E-state index contributed by atoms with van der Waals surface area (Å²) in [6, 6.07) is 1.68. The van der Waals surface area contributed by atoms with Gasteiger partial charge in [0.1, 0.15) is 12.2 Å². The standard InChI is InChI=1S/C11H17N3O3/c1-4-13(7-10(15)16)11(17)9-6-8(3)12-14(9)5-2/h6H,4-5,7H2,1-3H3,(H,15,16). The monoisotopic (exact) mass is 239 g/mol. The molecule has 0 aromatic carbocycles. The number of aliphatic carboxylic acids is 1. The minimum atomic E-state index is -1.01. The second-order valence-corrected chi connectivity index (χ2v) is 3.70. The number of aryl methyl sites for hydroxylation is 2. The van der Waals surface area contributed by atoms with Gasteiger partial charge in [0.15, 0.2) is 0 Å². The summed E-state index contributed by atoms with van der Waals surface area (Å²) in [7, 11) is 0. The van der Waals surface area contributed by atoms with Crippen molar-refractivity contribution >= 4 is 11.9 Å². The maximum atomic E-state index is 12.1. The van der Waals surface area contributed by atoms with Crippen LogP contribution in [0.15, 0.2) is 6.07 Å². The lowest BCUT2D eigenvalue weighted by molar-refractivity contribution is -0.137. The fourth-order valence-corrected chi connectivity index (χ4v) is 1.61. The number of aromatic nitrogens is 2. The predicted molar refractivity (Wildman–Crippen MR) is 61.9 cm³/mol. The van der Waals surface area contributed by atoms with E-state index in [9.17, 15) is 9.59 Å².